The van der Waals surface area contributed by atoms with E-state index in [0.29, 0.717) is 19.6 Å². The zero-order chi connectivity index (χ0) is 13.3. The Morgan fingerprint density at radius 3 is 2.18 bits per heavy atom. The maximum Gasteiger partial charge on any atom is 0.317 e. The molecule has 3 N–H and O–H groups in total. The second kappa shape index (κ2) is 8.91. The largest absolute Gasteiger partial charge is 0.480 e. The molecule has 0 radical (unpaired) electrons. The summed E-state index contributed by atoms with van der Waals surface area (Å²) in [5.74, 6) is -1.79. The number of hydrogen-bond donors (Lipinski definition) is 3. The molecule has 0 rings (SSSR count). The van der Waals surface area contributed by atoms with Gasteiger partial charge < -0.3 is 20.4 Å². The van der Waals surface area contributed by atoms with Gasteiger partial charge in [0.15, 0.2) is 0 Å². The average molecular weight is 247 g/mol. The van der Waals surface area contributed by atoms with E-state index in [4.69, 9.17) is 10.2 Å². The first kappa shape index (κ1) is 15.8. The van der Waals surface area contributed by atoms with Gasteiger partial charge in [0.2, 0.25) is 0 Å². The van der Waals surface area contributed by atoms with Crippen LogP contribution in [0.25, 0.3) is 0 Å². The van der Waals surface area contributed by atoms with E-state index >= 15 is 0 Å². The van der Waals surface area contributed by atoms with E-state index in [1.54, 1.807) is 4.90 Å². The maximum atomic E-state index is 10.6. The van der Waals surface area contributed by atoms with Crippen LogP contribution in [0, 0.1) is 0 Å². The number of hydrogen-bond acceptors (Lipinski definition) is 5. The Labute approximate surface area is 101 Å². The van der Waals surface area contributed by atoms with Crippen LogP contribution >= 0.6 is 0 Å². The summed E-state index contributed by atoms with van der Waals surface area (Å²) < 4.78 is 0. The molecule has 0 spiro atoms. The molecule has 0 aliphatic carbocycles. The molecule has 100 valence electrons. The zero-order valence-corrected chi connectivity index (χ0v) is 10.3. The molecule has 17 heavy (non-hydrogen) atoms. The first-order valence-corrected chi connectivity index (χ1v) is 5.43. The van der Waals surface area contributed by atoms with Crippen LogP contribution in [-0.4, -0.2) is 85.3 Å². The summed E-state index contributed by atoms with van der Waals surface area (Å²) in [6.07, 6.45) is 0. The van der Waals surface area contributed by atoms with Crippen LogP contribution in [0.2, 0.25) is 0 Å². The van der Waals surface area contributed by atoms with Gasteiger partial charge in [-0.15, -0.1) is 0 Å². The van der Waals surface area contributed by atoms with Crippen molar-refractivity contribution in [3.8, 4) is 0 Å². The van der Waals surface area contributed by atoms with Crippen molar-refractivity contribution in [2.24, 2.45) is 0 Å². The second-order valence-electron chi connectivity index (χ2n) is 4.04. The van der Waals surface area contributed by atoms with Crippen molar-refractivity contribution in [3.63, 3.8) is 0 Å². The third kappa shape index (κ3) is 11.1. The van der Waals surface area contributed by atoms with Crippen LogP contribution in [-0.2, 0) is 9.59 Å². The van der Waals surface area contributed by atoms with Crippen molar-refractivity contribution >= 4 is 11.9 Å². The summed E-state index contributed by atoms with van der Waals surface area (Å²) >= 11 is 0. The lowest BCUT2D eigenvalue weighted by molar-refractivity contribution is -0.139. The molecule has 0 saturated heterocycles. The SMILES string of the molecule is CN(C)CCN(CCNCC(=O)O)CC(=O)O. The lowest BCUT2D eigenvalue weighted by Crippen LogP contribution is -2.40. The van der Waals surface area contributed by atoms with Crippen molar-refractivity contribution in [3.05, 3.63) is 0 Å². The predicted octanol–water partition coefficient (Wildman–Crippen LogP) is -1.39. The van der Waals surface area contributed by atoms with Gasteiger partial charge in [-0.05, 0) is 14.1 Å². The smallest absolute Gasteiger partial charge is 0.317 e. The van der Waals surface area contributed by atoms with E-state index in [-0.39, 0.29) is 13.1 Å². The number of rotatable bonds is 10. The molecule has 0 atom stereocenters. The number of carboxylic acids is 2. The monoisotopic (exact) mass is 247 g/mol. The molecule has 0 aromatic carbocycles. The maximum absolute atomic E-state index is 10.6. The number of nitrogens with one attached hydrogen (secondary N) is 1. The Morgan fingerprint density at radius 2 is 1.71 bits per heavy atom. The highest BCUT2D eigenvalue weighted by Crippen LogP contribution is 1.88. The Bertz CT molecular complexity index is 246. The zero-order valence-electron chi connectivity index (χ0n) is 10.3. The van der Waals surface area contributed by atoms with Crippen LogP contribution in [0.1, 0.15) is 0 Å². The topological polar surface area (TPSA) is 93.1 Å². The highest BCUT2D eigenvalue weighted by atomic mass is 16.4. The van der Waals surface area contributed by atoms with Gasteiger partial charge in [0.25, 0.3) is 0 Å². The third-order valence-corrected chi connectivity index (χ3v) is 2.10. The van der Waals surface area contributed by atoms with Crippen molar-refractivity contribution in [2.75, 3.05) is 53.4 Å². The molecule has 0 unspecified atom stereocenters. The van der Waals surface area contributed by atoms with Gasteiger partial charge in [-0.3, -0.25) is 14.5 Å². The summed E-state index contributed by atoms with van der Waals surface area (Å²) in [5.41, 5.74) is 0. The van der Waals surface area contributed by atoms with Gasteiger partial charge in [0.05, 0.1) is 13.1 Å². The summed E-state index contributed by atoms with van der Waals surface area (Å²) in [6, 6.07) is 0. The Morgan fingerprint density at radius 1 is 1.06 bits per heavy atom. The lowest BCUT2D eigenvalue weighted by Gasteiger charge is -2.22. The summed E-state index contributed by atoms with van der Waals surface area (Å²) in [6.45, 7) is 2.28. The molecule has 0 amide bonds. The third-order valence-electron chi connectivity index (χ3n) is 2.10. The highest BCUT2D eigenvalue weighted by Gasteiger charge is 2.09. The average Bonchev–Trinajstić information content (AvgIpc) is 2.19. The Hall–Kier alpha value is -1.18. The van der Waals surface area contributed by atoms with Gasteiger partial charge in [-0.1, -0.05) is 0 Å². The predicted molar refractivity (Wildman–Crippen MR) is 63.1 cm³/mol. The van der Waals surface area contributed by atoms with E-state index in [1.165, 1.54) is 0 Å². The quantitative estimate of drug-likeness (QED) is 0.409. The van der Waals surface area contributed by atoms with Gasteiger partial charge in [-0.2, -0.15) is 0 Å². The normalized spacial score (nSPS) is 11.1. The molecule has 0 aromatic heterocycles. The van der Waals surface area contributed by atoms with Crippen molar-refractivity contribution in [1.82, 2.24) is 15.1 Å². The lowest BCUT2D eigenvalue weighted by atomic mass is 10.4. The van der Waals surface area contributed by atoms with Gasteiger partial charge in [0, 0.05) is 26.2 Å². The van der Waals surface area contributed by atoms with Crippen LogP contribution in [0.15, 0.2) is 0 Å². The van der Waals surface area contributed by atoms with Crippen LogP contribution < -0.4 is 5.32 Å². The summed E-state index contributed by atoms with van der Waals surface area (Å²) in [4.78, 5) is 24.6. The molecule has 0 aliphatic heterocycles. The molecule has 0 aromatic rings. The number of likely N-dealkylation sites (N-methyl/N-ethyl adjacent to an activating group) is 1. The fraction of sp³-hybridized carbons (Fsp3) is 0.800. The standard InChI is InChI=1S/C10H21N3O4/c1-12(2)5-6-13(8-10(16)17)4-3-11-7-9(14)15/h11H,3-8H2,1-2H3,(H,14,15)(H,16,17). The number of aliphatic carboxylic acids is 2. The van der Waals surface area contributed by atoms with Crippen molar-refractivity contribution in [1.29, 1.82) is 0 Å². The first-order chi connectivity index (χ1) is 7.91. The Kier molecular flexibility index (Phi) is 8.29. The fourth-order valence-electron chi connectivity index (χ4n) is 1.24. The number of nitrogens with zero attached hydrogens (tertiary/aromatic N) is 2. The molecular weight excluding hydrogens is 226 g/mol. The van der Waals surface area contributed by atoms with Crippen LogP contribution in [0.4, 0.5) is 0 Å². The minimum atomic E-state index is -0.914. The van der Waals surface area contributed by atoms with Crippen molar-refractivity contribution < 1.29 is 19.8 Å². The molecule has 0 fully saturated rings. The molecule has 7 heteroatoms. The van der Waals surface area contributed by atoms with Crippen LogP contribution in [0.3, 0.4) is 0 Å². The molecule has 0 bridgehead atoms. The minimum Gasteiger partial charge on any atom is -0.480 e. The van der Waals surface area contributed by atoms with E-state index in [1.807, 2.05) is 19.0 Å². The van der Waals surface area contributed by atoms with E-state index in [0.717, 1.165) is 6.54 Å². The van der Waals surface area contributed by atoms with E-state index < -0.39 is 11.9 Å². The Balaban J connectivity index is 3.84. The number of carboxylic acid groups (broad SMARTS) is 2. The first-order valence-electron chi connectivity index (χ1n) is 5.43. The summed E-state index contributed by atoms with van der Waals surface area (Å²) in [7, 11) is 3.84. The van der Waals surface area contributed by atoms with Crippen LogP contribution in [0.5, 0.6) is 0 Å². The molecule has 0 saturated carbocycles. The number of carbonyl (C=O) groups is 2. The molecule has 0 heterocycles. The van der Waals surface area contributed by atoms with Gasteiger partial charge >= 0.3 is 11.9 Å². The molecule has 7 nitrogen and oxygen atoms in total. The summed E-state index contributed by atoms with van der Waals surface area (Å²) in [5, 5.41) is 19.9. The minimum absolute atomic E-state index is 0.0252. The van der Waals surface area contributed by atoms with Gasteiger partial charge in [-0.25, -0.2) is 0 Å². The fourth-order valence-corrected chi connectivity index (χ4v) is 1.24. The van der Waals surface area contributed by atoms with Crippen molar-refractivity contribution in [2.45, 2.75) is 0 Å². The molecular formula is C10H21N3O4. The van der Waals surface area contributed by atoms with E-state index in [9.17, 15) is 9.59 Å². The van der Waals surface area contributed by atoms with Gasteiger partial charge in [0.1, 0.15) is 0 Å². The molecule has 0 aliphatic rings. The second-order valence-corrected chi connectivity index (χ2v) is 4.04. The van der Waals surface area contributed by atoms with E-state index in [2.05, 4.69) is 5.32 Å². The highest BCUT2D eigenvalue weighted by molar-refractivity contribution is 5.69.